The van der Waals surface area contributed by atoms with Gasteiger partial charge in [0.05, 0.1) is 30.7 Å². The molecule has 0 saturated heterocycles. The molecule has 164 valence electrons. The summed E-state index contributed by atoms with van der Waals surface area (Å²) >= 11 is 0. The molecule has 2 heterocycles. The van der Waals surface area contributed by atoms with Crippen molar-refractivity contribution in [2.45, 2.75) is 53.4 Å². The number of benzene rings is 1. The Kier molecular flexibility index (Phi) is 5.90. The zero-order chi connectivity index (χ0) is 22.1. The van der Waals surface area contributed by atoms with E-state index in [2.05, 4.69) is 17.3 Å². The van der Waals surface area contributed by atoms with Gasteiger partial charge in [-0.25, -0.2) is 9.36 Å². The number of aromatic nitrogens is 2. The van der Waals surface area contributed by atoms with Crippen LogP contribution in [0.5, 0.6) is 5.75 Å². The second-order valence-corrected chi connectivity index (χ2v) is 8.59. The van der Waals surface area contributed by atoms with Gasteiger partial charge >= 0.3 is 6.09 Å². The van der Waals surface area contributed by atoms with Crippen molar-refractivity contribution in [3.63, 3.8) is 0 Å². The third-order valence-corrected chi connectivity index (χ3v) is 5.84. The number of carbonyl (C=O) groups is 1. The molecule has 0 bridgehead atoms. The fraction of sp³-hybridized carbons (Fsp3) is 0.440. The molecule has 0 atom stereocenters. The van der Waals surface area contributed by atoms with Crippen molar-refractivity contribution < 1.29 is 18.8 Å². The Morgan fingerprint density at radius 2 is 1.84 bits per heavy atom. The number of rotatable bonds is 5. The summed E-state index contributed by atoms with van der Waals surface area (Å²) in [7, 11) is 1.66. The molecule has 0 amide bonds. The number of hydrogen-bond donors (Lipinski definition) is 0. The van der Waals surface area contributed by atoms with Gasteiger partial charge in [-0.05, 0) is 68.7 Å². The molecule has 6 nitrogen and oxygen atoms in total. The Hall–Kier alpha value is -3.02. The number of carbonyl (C=O) groups excluding carboxylic acids is 1. The Labute approximate surface area is 183 Å². The highest BCUT2D eigenvalue weighted by molar-refractivity contribution is 5.93. The lowest BCUT2D eigenvalue weighted by Gasteiger charge is -2.16. The van der Waals surface area contributed by atoms with Crippen molar-refractivity contribution in [1.29, 1.82) is 0 Å². The Morgan fingerprint density at radius 1 is 1.13 bits per heavy atom. The van der Waals surface area contributed by atoms with Gasteiger partial charge in [0.15, 0.2) is 0 Å². The summed E-state index contributed by atoms with van der Waals surface area (Å²) in [5.74, 6) is 1.76. The van der Waals surface area contributed by atoms with E-state index in [9.17, 15) is 4.79 Å². The SMILES string of the molecule is COc1ccc(-c2c3c(n(C(=O)OCC(C)C)c2-c2c(C)noc2C)CCCC3)cc1. The summed E-state index contributed by atoms with van der Waals surface area (Å²) < 4.78 is 18.4. The van der Waals surface area contributed by atoms with Crippen LogP contribution in [0.1, 0.15) is 49.4 Å². The molecule has 4 rings (SSSR count). The molecule has 0 aliphatic heterocycles. The molecular weight excluding hydrogens is 392 g/mol. The average molecular weight is 423 g/mol. The van der Waals surface area contributed by atoms with Crippen LogP contribution in [0.4, 0.5) is 4.79 Å². The first kappa shape index (κ1) is 21.2. The van der Waals surface area contributed by atoms with Crippen LogP contribution in [0.2, 0.25) is 0 Å². The first-order chi connectivity index (χ1) is 14.9. The Morgan fingerprint density at radius 3 is 2.45 bits per heavy atom. The van der Waals surface area contributed by atoms with Crippen LogP contribution in [0.15, 0.2) is 28.8 Å². The molecule has 1 aliphatic rings. The fourth-order valence-electron chi connectivity index (χ4n) is 4.43. The van der Waals surface area contributed by atoms with E-state index in [1.165, 1.54) is 5.56 Å². The van der Waals surface area contributed by atoms with Crippen LogP contribution in [0.3, 0.4) is 0 Å². The molecule has 0 N–H and O–H groups in total. The number of hydrogen-bond acceptors (Lipinski definition) is 5. The van der Waals surface area contributed by atoms with Crippen LogP contribution in [0.25, 0.3) is 22.4 Å². The molecule has 6 heteroatoms. The smallest absolute Gasteiger partial charge is 0.418 e. The first-order valence-electron chi connectivity index (χ1n) is 10.9. The number of nitrogens with zero attached hydrogens (tertiary/aromatic N) is 2. The van der Waals surface area contributed by atoms with Crippen molar-refractivity contribution in [1.82, 2.24) is 9.72 Å². The summed E-state index contributed by atoms with van der Waals surface area (Å²) in [5, 5.41) is 4.18. The van der Waals surface area contributed by atoms with Crippen LogP contribution in [-0.4, -0.2) is 29.5 Å². The van der Waals surface area contributed by atoms with E-state index in [0.29, 0.717) is 12.4 Å². The Balaban J connectivity index is 2.00. The topological polar surface area (TPSA) is 66.5 Å². The highest BCUT2D eigenvalue weighted by Crippen LogP contribution is 2.44. The number of ether oxygens (including phenoxy) is 2. The molecule has 0 fully saturated rings. The van der Waals surface area contributed by atoms with Gasteiger partial charge in [-0.15, -0.1) is 0 Å². The van der Waals surface area contributed by atoms with Crippen LogP contribution >= 0.6 is 0 Å². The minimum atomic E-state index is -0.332. The summed E-state index contributed by atoms with van der Waals surface area (Å²) in [4.78, 5) is 13.4. The molecular formula is C25H30N2O4. The largest absolute Gasteiger partial charge is 0.497 e. The zero-order valence-electron chi connectivity index (χ0n) is 18.9. The van der Waals surface area contributed by atoms with Gasteiger partial charge in [0.1, 0.15) is 11.5 Å². The minimum absolute atomic E-state index is 0.263. The van der Waals surface area contributed by atoms with Gasteiger partial charge in [-0.3, -0.25) is 0 Å². The molecule has 2 aromatic heterocycles. The normalized spacial score (nSPS) is 13.4. The maximum atomic E-state index is 13.4. The Bertz CT molecular complexity index is 1070. The van der Waals surface area contributed by atoms with Crippen LogP contribution in [-0.2, 0) is 17.6 Å². The monoisotopic (exact) mass is 422 g/mol. The van der Waals surface area contributed by atoms with E-state index in [4.69, 9.17) is 14.0 Å². The van der Waals surface area contributed by atoms with Gasteiger partial charge < -0.3 is 14.0 Å². The minimum Gasteiger partial charge on any atom is -0.497 e. The highest BCUT2D eigenvalue weighted by Gasteiger charge is 2.32. The van der Waals surface area contributed by atoms with Crippen molar-refractivity contribution >= 4 is 6.09 Å². The summed E-state index contributed by atoms with van der Waals surface area (Å²) in [5.41, 5.74) is 6.81. The van der Waals surface area contributed by atoms with E-state index < -0.39 is 0 Å². The van der Waals surface area contributed by atoms with Gasteiger partial charge in [-0.1, -0.05) is 31.1 Å². The predicted molar refractivity (Wildman–Crippen MR) is 120 cm³/mol. The van der Waals surface area contributed by atoms with Crippen molar-refractivity contribution in [3.8, 4) is 28.1 Å². The van der Waals surface area contributed by atoms with Gasteiger partial charge in [0.2, 0.25) is 0 Å². The van der Waals surface area contributed by atoms with Crippen LogP contribution in [0, 0.1) is 19.8 Å². The van der Waals surface area contributed by atoms with Crippen molar-refractivity contribution in [2.75, 3.05) is 13.7 Å². The lowest BCUT2D eigenvalue weighted by atomic mass is 9.90. The van der Waals surface area contributed by atoms with Crippen molar-refractivity contribution in [2.24, 2.45) is 5.92 Å². The first-order valence-corrected chi connectivity index (χ1v) is 10.9. The average Bonchev–Trinajstić information content (AvgIpc) is 3.28. The van der Waals surface area contributed by atoms with Gasteiger partial charge in [0.25, 0.3) is 0 Å². The molecule has 1 aliphatic carbocycles. The van der Waals surface area contributed by atoms with E-state index in [1.807, 2.05) is 39.8 Å². The third kappa shape index (κ3) is 3.87. The molecule has 0 saturated carbocycles. The van der Waals surface area contributed by atoms with Gasteiger partial charge in [0, 0.05) is 11.3 Å². The number of aryl methyl sites for hydroxylation is 2. The molecule has 1 aromatic carbocycles. The molecule has 3 aromatic rings. The predicted octanol–water partition coefficient (Wildman–Crippen LogP) is 5.96. The van der Waals surface area contributed by atoms with E-state index in [1.54, 1.807) is 11.7 Å². The standard InChI is InChI=1S/C25H30N2O4/c1-15(2)14-30-25(28)27-21-9-7-6-8-20(21)23(18-10-12-19(29-5)13-11-18)24(27)22-16(3)26-31-17(22)4/h10-13,15H,6-9,14H2,1-5H3. The van der Waals surface area contributed by atoms with Crippen molar-refractivity contribution in [3.05, 3.63) is 47.0 Å². The second-order valence-electron chi connectivity index (χ2n) is 8.59. The summed E-state index contributed by atoms with van der Waals surface area (Å²) in [6.45, 7) is 8.26. The highest BCUT2D eigenvalue weighted by atomic mass is 16.5. The molecule has 0 unspecified atom stereocenters. The fourth-order valence-corrected chi connectivity index (χ4v) is 4.43. The second kappa shape index (κ2) is 8.61. The van der Waals surface area contributed by atoms with E-state index >= 15 is 0 Å². The van der Waals surface area contributed by atoms with E-state index in [-0.39, 0.29) is 12.0 Å². The number of methoxy groups -OCH3 is 1. The quantitative estimate of drug-likeness (QED) is 0.508. The maximum Gasteiger partial charge on any atom is 0.418 e. The third-order valence-electron chi connectivity index (χ3n) is 5.84. The lowest BCUT2D eigenvalue weighted by molar-refractivity contribution is 0.134. The van der Waals surface area contributed by atoms with E-state index in [0.717, 1.165) is 65.2 Å². The maximum absolute atomic E-state index is 13.4. The summed E-state index contributed by atoms with van der Waals surface area (Å²) in [6, 6.07) is 8.01. The molecule has 0 radical (unpaired) electrons. The molecule has 31 heavy (non-hydrogen) atoms. The van der Waals surface area contributed by atoms with Gasteiger partial charge in [-0.2, -0.15) is 0 Å². The lowest BCUT2D eigenvalue weighted by Crippen LogP contribution is -2.21. The zero-order valence-corrected chi connectivity index (χ0v) is 18.9. The number of fused-ring (bicyclic) bond motifs is 1. The molecule has 0 spiro atoms. The summed E-state index contributed by atoms with van der Waals surface area (Å²) in [6.07, 6.45) is 3.59. The van der Waals surface area contributed by atoms with Crippen LogP contribution < -0.4 is 4.74 Å².